The van der Waals surface area contributed by atoms with E-state index in [9.17, 15) is 14.7 Å². The number of aliphatic carboxylic acids is 1. The summed E-state index contributed by atoms with van der Waals surface area (Å²) in [4.78, 5) is 21.9. The zero-order valence-corrected chi connectivity index (χ0v) is 12.1. The van der Waals surface area contributed by atoms with Gasteiger partial charge in [0.1, 0.15) is 6.10 Å². The maximum absolute atomic E-state index is 11.6. The average Bonchev–Trinajstić information content (AvgIpc) is 2.40. The molecule has 5 heteroatoms. The third kappa shape index (κ3) is 8.15. The van der Waals surface area contributed by atoms with Crippen molar-refractivity contribution in [2.45, 2.75) is 82.8 Å². The molecule has 0 aliphatic heterocycles. The predicted octanol–water partition coefficient (Wildman–Crippen LogP) is 2.65. The van der Waals surface area contributed by atoms with E-state index in [1.807, 2.05) is 0 Å². The van der Waals surface area contributed by atoms with E-state index < -0.39 is 5.97 Å². The Morgan fingerprint density at radius 2 is 1.45 bits per heavy atom. The van der Waals surface area contributed by atoms with Crippen LogP contribution < -0.4 is 0 Å². The third-order valence-electron chi connectivity index (χ3n) is 3.71. The van der Waals surface area contributed by atoms with E-state index in [0.717, 1.165) is 51.4 Å². The minimum Gasteiger partial charge on any atom is -0.481 e. The van der Waals surface area contributed by atoms with Crippen molar-refractivity contribution in [1.82, 2.24) is 0 Å². The Bertz CT molecular complexity index is 295. The molecule has 0 heterocycles. The molecule has 1 rings (SSSR count). The minimum atomic E-state index is -0.744. The number of aliphatic hydroxyl groups excluding tert-OH is 1. The van der Waals surface area contributed by atoms with Crippen molar-refractivity contribution in [3.05, 3.63) is 0 Å². The largest absolute Gasteiger partial charge is 0.481 e. The molecule has 116 valence electrons. The smallest absolute Gasteiger partial charge is 0.306 e. The summed E-state index contributed by atoms with van der Waals surface area (Å²) < 4.78 is 5.37. The highest BCUT2D eigenvalue weighted by molar-refractivity contribution is 5.69. The highest BCUT2D eigenvalue weighted by Gasteiger charge is 2.22. The van der Waals surface area contributed by atoms with Crippen LogP contribution in [0.1, 0.15) is 70.6 Å². The molecule has 0 radical (unpaired) electrons. The standard InChI is InChI=1S/C15H26O5/c16-12-8-10-13(11-9-12)20-15(19)7-5-3-1-2-4-6-14(17)18/h12-13,16H,1-11H2,(H,17,18). The first-order valence-electron chi connectivity index (χ1n) is 7.67. The van der Waals surface area contributed by atoms with E-state index in [2.05, 4.69) is 0 Å². The van der Waals surface area contributed by atoms with Gasteiger partial charge in [0.25, 0.3) is 0 Å². The Hall–Kier alpha value is -1.10. The molecule has 0 bridgehead atoms. The van der Waals surface area contributed by atoms with Gasteiger partial charge in [0.2, 0.25) is 0 Å². The lowest BCUT2D eigenvalue weighted by Crippen LogP contribution is -2.26. The van der Waals surface area contributed by atoms with Gasteiger partial charge in [0, 0.05) is 12.8 Å². The fourth-order valence-corrected chi connectivity index (χ4v) is 2.48. The van der Waals surface area contributed by atoms with E-state index in [0.29, 0.717) is 12.8 Å². The predicted molar refractivity (Wildman–Crippen MR) is 74.3 cm³/mol. The molecule has 0 unspecified atom stereocenters. The average molecular weight is 286 g/mol. The number of esters is 1. The SMILES string of the molecule is O=C(O)CCCCCCCC(=O)OC1CCC(O)CC1. The number of ether oxygens (including phenoxy) is 1. The monoisotopic (exact) mass is 286 g/mol. The lowest BCUT2D eigenvalue weighted by molar-refractivity contribution is -0.151. The van der Waals surface area contributed by atoms with E-state index >= 15 is 0 Å². The lowest BCUT2D eigenvalue weighted by atomic mass is 9.95. The highest BCUT2D eigenvalue weighted by Crippen LogP contribution is 2.21. The number of aliphatic hydroxyl groups is 1. The first kappa shape index (κ1) is 17.0. The highest BCUT2D eigenvalue weighted by atomic mass is 16.5. The van der Waals surface area contributed by atoms with E-state index in [-0.39, 0.29) is 24.6 Å². The second-order valence-corrected chi connectivity index (χ2v) is 5.58. The summed E-state index contributed by atoms with van der Waals surface area (Å²) in [5, 5.41) is 17.8. The van der Waals surface area contributed by atoms with Gasteiger partial charge < -0.3 is 14.9 Å². The Kier molecular flexibility index (Phi) is 8.26. The van der Waals surface area contributed by atoms with E-state index in [1.54, 1.807) is 0 Å². The Morgan fingerprint density at radius 1 is 0.900 bits per heavy atom. The summed E-state index contributed by atoms with van der Waals surface area (Å²) in [6.45, 7) is 0. The van der Waals surface area contributed by atoms with Crippen molar-refractivity contribution in [2.24, 2.45) is 0 Å². The quantitative estimate of drug-likeness (QED) is 0.503. The fourth-order valence-electron chi connectivity index (χ4n) is 2.48. The fraction of sp³-hybridized carbons (Fsp3) is 0.867. The zero-order valence-electron chi connectivity index (χ0n) is 12.1. The number of carboxylic acids is 1. The molecular formula is C15H26O5. The van der Waals surface area contributed by atoms with Crippen LogP contribution in [0.3, 0.4) is 0 Å². The topological polar surface area (TPSA) is 83.8 Å². The summed E-state index contributed by atoms with van der Waals surface area (Å²) in [6.07, 6.45) is 7.75. The summed E-state index contributed by atoms with van der Waals surface area (Å²) in [5.41, 5.74) is 0. The molecule has 0 aromatic rings. The molecule has 0 amide bonds. The van der Waals surface area contributed by atoms with Crippen molar-refractivity contribution in [2.75, 3.05) is 0 Å². The number of unbranched alkanes of at least 4 members (excludes halogenated alkanes) is 4. The van der Waals surface area contributed by atoms with Crippen LogP contribution in [0.2, 0.25) is 0 Å². The van der Waals surface area contributed by atoms with Crippen molar-refractivity contribution < 1.29 is 24.5 Å². The van der Waals surface area contributed by atoms with Gasteiger partial charge in [-0.15, -0.1) is 0 Å². The minimum absolute atomic E-state index is 0.0125. The molecule has 0 spiro atoms. The summed E-state index contributed by atoms with van der Waals surface area (Å²) in [7, 11) is 0. The Labute approximate surface area is 120 Å². The second kappa shape index (κ2) is 9.75. The normalized spacial score (nSPS) is 22.4. The van der Waals surface area contributed by atoms with Crippen LogP contribution in [0.4, 0.5) is 0 Å². The van der Waals surface area contributed by atoms with Crippen LogP contribution in [-0.4, -0.2) is 34.4 Å². The molecule has 1 aliphatic carbocycles. The number of hydrogen-bond donors (Lipinski definition) is 2. The van der Waals surface area contributed by atoms with Gasteiger partial charge in [0.15, 0.2) is 0 Å². The van der Waals surface area contributed by atoms with Crippen LogP contribution in [0.5, 0.6) is 0 Å². The number of hydrogen-bond acceptors (Lipinski definition) is 4. The van der Waals surface area contributed by atoms with E-state index in [1.165, 1.54) is 0 Å². The van der Waals surface area contributed by atoms with Crippen molar-refractivity contribution in [3.63, 3.8) is 0 Å². The first-order chi connectivity index (χ1) is 9.58. The van der Waals surface area contributed by atoms with Gasteiger partial charge in [-0.3, -0.25) is 9.59 Å². The van der Waals surface area contributed by atoms with Gasteiger partial charge in [-0.1, -0.05) is 19.3 Å². The maximum atomic E-state index is 11.6. The molecule has 1 fully saturated rings. The molecule has 0 atom stereocenters. The van der Waals surface area contributed by atoms with Crippen molar-refractivity contribution >= 4 is 11.9 Å². The molecular weight excluding hydrogens is 260 g/mol. The molecule has 0 aromatic carbocycles. The van der Waals surface area contributed by atoms with E-state index in [4.69, 9.17) is 9.84 Å². The Morgan fingerprint density at radius 3 is 2.05 bits per heavy atom. The van der Waals surface area contributed by atoms with Crippen molar-refractivity contribution in [1.29, 1.82) is 0 Å². The van der Waals surface area contributed by atoms with Crippen LogP contribution in [-0.2, 0) is 14.3 Å². The molecule has 5 nitrogen and oxygen atoms in total. The lowest BCUT2D eigenvalue weighted by Gasteiger charge is -2.25. The zero-order chi connectivity index (χ0) is 14.8. The van der Waals surface area contributed by atoms with Gasteiger partial charge in [-0.2, -0.15) is 0 Å². The first-order valence-corrected chi connectivity index (χ1v) is 7.67. The molecule has 1 aliphatic rings. The molecule has 2 N–H and O–H groups in total. The van der Waals surface area contributed by atoms with Gasteiger partial charge >= 0.3 is 11.9 Å². The number of rotatable bonds is 9. The molecule has 20 heavy (non-hydrogen) atoms. The molecule has 0 saturated heterocycles. The molecule has 0 aromatic heterocycles. The number of carbonyl (C=O) groups excluding carboxylic acids is 1. The van der Waals surface area contributed by atoms with Crippen LogP contribution in [0, 0.1) is 0 Å². The summed E-state index contributed by atoms with van der Waals surface area (Å²) >= 11 is 0. The van der Waals surface area contributed by atoms with Crippen LogP contribution in [0.25, 0.3) is 0 Å². The molecule has 1 saturated carbocycles. The number of carboxylic acid groups (broad SMARTS) is 1. The van der Waals surface area contributed by atoms with Crippen LogP contribution >= 0.6 is 0 Å². The van der Waals surface area contributed by atoms with Crippen molar-refractivity contribution in [3.8, 4) is 0 Å². The summed E-state index contributed by atoms with van der Waals surface area (Å²) in [5.74, 6) is -0.886. The second-order valence-electron chi connectivity index (χ2n) is 5.58. The third-order valence-corrected chi connectivity index (χ3v) is 3.71. The number of carbonyl (C=O) groups is 2. The summed E-state index contributed by atoms with van der Waals surface area (Å²) in [6, 6.07) is 0. The maximum Gasteiger partial charge on any atom is 0.306 e. The Balaban J connectivity index is 1.94. The van der Waals surface area contributed by atoms with Crippen LogP contribution in [0.15, 0.2) is 0 Å². The van der Waals surface area contributed by atoms with Gasteiger partial charge in [-0.25, -0.2) is 0 Å². The van der Waals surface area contributed by atoms with Gasteiger partial charge in [0.05, 0.1) is 6.10 Å². The van der Waals surface area contributed by atoms with Gasteiger partial charge in [-0.05, 0) is 38.5 Å².